The Kier molecular flexibility index (Phi) is 9.08. The molecule has 4 aromatic rings. The largest absolute Gasteiger partial charge is 0.369 e. The molecule has 4 heterocycles. The minimum atomic E-state index is -2.27. The molecule has 0 radical (unpaired) electrons. The van der Waals surface area contributed by atoms with Crippen molar-refractivity contribution >= 4 is 22.6 Å². The van der Waals surface area contributed by atoms with Crippen LogP contribution in [0, 0.1) is 5.92 Å². The lowest BCUT2D eigenvalue weighted by molar-refractivity contribution is 0.0690. The van der Waals surface area contributed by atoms with Crippen LogP contribution in [-0.4, -0.2) is 70.4 Å². The normalized spacial score (nSPS) is 15.2. The highest BCUT2D eigenvalue weighted by molar-refractivity contribution is 6.06. The average molecular weight is 560 g/mol. The fraction of sp³-hybridized carbons (Fsp3) is 0.387. The molecule has 2 N–H and O–H groups in total. The third-order valence-electron chi connectivity index (χ3n) is 7.78. The van der Waals surface area contributed by atoms with Crippen LogP contribution in [0.15, 0.2) is 61.2 Å². The van der Waals surface area contributed by atoms with E-state index >= 15 is 0 Å². The third-order valence-corrected chi connectivity index (χ3v) is 7.78. The van der Waals surface area contributed by atoms with Crippen LogP contribution in [-0.2, 0) is 6.42 Å². The number of nitrogens with zero attached hydrogens (tertiary/aromatic N) is 5. The molecule has 1 fully saturated rings. The molecular weight excluding hydrogens is 524 g/mol. The second-order valence-electron chi connectivity index (χ2n) is 10.6. The van der Waals surface area contributed by atoms with Crippen molar-refractivity contribution in [1.82, 2.24) is 30.2 Å². The van der Waals surface area contributed by atoms with E-state index < -0.39 is 6.43 Å². The average Bonchev–Trinajstić information content (AvgIpc) is 3.00. The SMILES string of the molecule is CNC(=O)c1ccnc2c(C(C)CNc3cc(-c4ccc(CC5CCN(CC(F)F)CC5)nc4)ncn3)cccc12. The summed E-state index contributed by atoms with van der Waals surface area (Å²) >= 11 is 0. The van der Waals surface area contributed by atoms with Gasteiger partial charge in [-0.1, -0.05) is 25.1 Å². The second kappa shape index (κ2) is 13.1. The number of para-hydroxylation sites is 1. The maximum absolute atomic E-state index is 12.6. The Morgan fingerprint density at radius 2 is 1.90 bits per heavy atom. The van der Waals surface area contributed by atoms with Crippen molar-refractivity contribution in [3.05, 3.63) is 78.0 Å². The maximum atomic E-state index is 12.6. The first kappa shape index (κ1) is 28.5. The van der Waals surface area contributed by atoms with Crippen molar-refractivity contribution < 1.29 is 13.6 Å². The van der Waals surface area contributed by atoms with Crippen LogP contribution < -0.4 is 10.6 Å². The highest BCUT2D eigenvalue weighted by Gasteiger charge is 2.22. The standard InChI is InChI=1S/C31H35F2N7O/c1-20(24-4-3-5-25-26(31(41)34-2)8-11-35-30(24)25)16-37-29-15-27(38-19-39-29)22-6-7-23(36-17-22)14-21-9-12-40(13-10-21)18-28(32)33/h3-8,11,15,17,19-21,28H,9-10,12-14,16,18H2,1-2H3,(H,34,41)(H,37,38,39). The van der Waals surface area contributed by atoms with Gasteiger partial charge in [0.25, 0.3) is 12.3 Å². The van der Waals surface area contributed by atoms with Gasteiger partial charge in [-0.25, -0.2) is 18.7 Å². The number of likely N-dealkylation sites (tertiary alicyclic amines) is 1. The number of halogens is 2. The minimum Gasteiger partial charge on any atom is -0.369 e. The van der Waals surface area contributed by atoms with E-state index in [1.807, 2.05) is 47.5 Å². The van der Waals surface area contributed by atoms with Gasteiger partial charge in [-0.05, 0) is 62.0 Å². The van der Waals surface area contributed by atoms with Crippen molar-refractivity contribution in [1.29, 1.82) is 0 Å². The molecule has 10 heteroatoms. The number of aromatic nitrogens is 4. The van der Waals surface area contributed by atoms with Crippen molar-refractivity contribution in [2.45, 2.75) is 38.5 Å². The number of pyridine rings is 2. The lowest BCUT2D eigenvalue weighted by Crippen LogP contribution is -2.37. The Hall–Kier alpha value is -4.05. The molecule has 0 bridgehead atoms. The molecule has 41 heavy (non-hydrogen) atoms. The Balaban J connectivity index is 1.20. The molecule has 0 aliphatic carbocycles. The van der Waals surface area contributed by atoms with Gasteiger partial charge in [-0.15, -0.1) is 0 Å². The quantitative estimate of drug-likeness (QED) is 0.276. The van der Waals surface area contributed by atoms with E-state index in [2.05, 4.69) is 37.5 Å². The van der Waals surface area contributed by atoms with Gasteiger partial charge in [0.05, 0.1) is 23.3 Å². The number of amides is 1. The van der Waals surface area contributed by atoms with Crippen molar-refractivity contribution in [2.75, 3.05) is 38.5 Å². The monoisotopic (exact) mass is 559 g/mol. The van der Waals surface area contributed by atoms with Gasteiger partial charge in [0.15, 0.2) is 0 Å². The van der Waals surface area contributed by atoms with Crippen molar-refractivity contribution in [3.8, 4) is 11.3 Å². The second-order valence-corrected chi connectivity index (χ2v) is 10.6. The van der Waals surface area contributed by atoms with Crippen LogP contribution in [0.1, 0.15) is 47.3 Å². The van der Waals surface area contributed by atoms with E-state index in [0.717, 1.165) is 65.8 Å². The molecule has 1 aliphatic rings. The highest BCUT2D eigenvalue weighted by atomic mass is 19.3. The number of rotatable bonds is 10. The van der Waals surface area contributed by atoms with E-state index in [1.165, 1.54) is 0 Å². The molecule has 1 aromatic carbocycles. The first-order chi connectivity index (χ1) is 19.9. The summed E-state index contributed by atoms with van der Waals surface area (Å²) < 4.78 is 25.3. The number of carbonyl (C=O) groups excluding carboxylic acids is 1. The molecule has 214 valence electrons. The molecule has 5 rings (SSSR count). The van der Waals surface area contributed by atoms with E-state index in [4.69, 9.17) is 0 Å². The fourth-order valence-corrected chi connectivity index (χ4v) is 5.47. The predicted octanol–water partition coefficient (Wildman–Crippen LogP) is 5.18. The van der Waals surface area contributed by atoms with Crippen LogP contribution in [0.25, 0.3) is 22.2 Å². The zero-order valence-electron chi connectivity index (χ0n) is 23.4. The Morgan fingerprint density at radius 1 is 1.07 bits per heavy atom. The summed E-state index contributed by atoms with van der Waals surface area (Å²) in [6.45, 7) is 4.04. The number of fused-ring (bicyclic) bond motifs is 1. The number of hydrogen-bond donors (Lipinski definition) is 2. The van der Waals surface area contributed by atoms with Crippen LogP contribution in [0.4, 0.5) is 14.6 Å². The minimum absolute atomic E-state index is 0.104. The lowest BCUT2D eigenvalue weighted by atomic mass is 9.92. The first-order valence-electron chi connectivity index (χ1n) is 14.0. The number of benzene rings is 1. The highest BCUT2D eigenvalue weighted by Crippen LogP contribution is 2.27. The van der Waals surface area contributed by atoms with Crippen LogP contribution in [0.2, 0.25) is 0 Å². The molecule has 1 amide bonds. The van der Waals surface area contributed by atoms with Crippen LogP contribution in [0.3, 0.4) is 0 Å². The van der Waals surface area contributed by atoms with Gasteiger partial charge >= 0.3 is 0 Å². The number of alkyl halides is 2. The summed E-state index contributed by atoms with van der Waals surface area (Å²) in [4.78, 5) is 32.3. The molecule has 1 atom stereocenters. The number of anilines is 1. The molecule has 8 nitrogen and oxygen atoms in total. The van der Waals surface area contributed by atoms with E-state index in [-0.39, 0.29) is 18.4 Å². The molecule has 1 aliphatic heterocycles. The topological polar surface area (TPSA) is 95.9 Å². The Morgan fingerprint density at radius 3 is 2.63 bits per heavy atom. The third kappa shape index (κ3) is 7.00. The summed E-state index contributed by atoms with van der Waals surface area (Å²) in [6.07, 6.45) is 5.46. The fourth-order valence-electron chi connectivity index (χ4n) is 5.47. The van der Waals surface area contributed by atoms with Crippen LogP contribution >= 0.6 is 0 Å². The van der Waals surface area contributed by atoms with Gasteiger partial charge < -0.3 is 10.6 Å². The molecule has 0 spiro atoms. The molecular formula is C31H35F2N7O. The summed E-state index contributed by atoms with van der Waals surface area (Å²) in [6, 6.07) is 13.6. The smallest absolute Gasteiger partial charge is 0.251 e. The van der Waals surface area contributed by atoms with Crippen LogP contribution in [0.5, 0.6) is 0 Å². The van der Waals surface area contributed by atoms with Crippen molar-refractivity contribution in [3.63, 3.8) is 0 Å². The lowest BCUT2D eigenvalue weighted by Gasteiger charge is -2.31. The van der Waals surface area contributed by atoms with E-state index in [9.17, 15) is 13.6 Å². The molecule has 0 saturated carbocycles. The zero-order valence-corrected chi connectivity index (χ0v) is 23.4. The van der Waals surface area contributed by atoms with Gasteiger partial charge in [-0.3, -0.25) is 19.7 Å². The summed E-state index contributed by atoms with van der Waals surface area (Å²) in [5.41, 5.74) is 5.15. The number of piperidine rings is 1. The number of hydrogen-bond acceptors (Lipinski definition) is 7. The van der Waals surface area contributed by atoms with E-state index in [0.29, 0.717) is 23.8 Å². The number of nitrogens with one attached hydrogen (secondary N) is 2. The van der Waals surface area contributed by atoms with Gasteiger partial charge in [0.2, 0.25) is 0 Å². The maximum Gasteiger partial charge on any atom is 0.251 e. The summed E-state index contributed by atoms with van der Waals surface area (Å²) in [7, 11) is 1.62. The summed E-state index contributed by atoms with van der Waals surface area (Å²) in [5.74, 6) is 1.14. The Bertz CT molecular complexity index is 1470. The molecule has 1 saturated heterocycles. The first-order valence-corrected chi connectivity index (χ1v) is 14.0. The van der Waals surface area contributed by atoms with E-state index in [1.54, 1.807) is 25.6 Å². The Labute approximate surface area is 238 Å². The van der Waals surface area contributed by atoms with Gasteiger partial charge in [0, 0.05) is 54.6 Å². The molecule has 1 unspecified atom stereocenters. The zero-order chi connectivity index (χ0) is 28.8. The van der Waals surface area contributed by atoms with Gasteiger partial charge in [-0.2, -0.15) is 0 Å². The predicted molar refractivity (Wildman–Crippen MR) is 156 cm³/mol. The summed E-state index contributed by atoms with van der Waals surface area (Å²) in [5, 5.41) is 6.94. The van der Waals surface area contributed by atoms with Crippen molar-refractivity contribution in [2.24, 2.45) is 5.92 Å². The molecule has 3 aromatic heterocycles. The number of carbonyl (C=O) groups is 1. The van der Waals surface area contributed by atoms with Gasteiger partial charge in [0.1, 0.15) is 12.1 Å².